The van der Waals surface area contributed by atoms with Gasteiger partial charge in [0.15, 0.2) is 23.0 Å². The fraction of sp³-hybridized carbons (Fsp3) is 0.312. The van der Waals surface area contributed by atoms with Gasteiger partial charge in [-0.15, -0.1) is 0 Å². The molecule has 5 rings (SSSR count). The van der Waals surface area contributed by atoms with Crippen molar-refractivity contribution in [2.75, 3.05) is 33.0 Å². The van der Waals surface area contributed by atoms with Crippen molar-refractivity contribution in [3.63, 3.8) is 0 Å². The van der Waals surface area contributed by atoms with Gasteiger partial charge in [-0.2, -0.15) is 0 Å². The summed E-state index contributed by atoms with van der Waals surface area (Å²) in [6.07, 6.45) is 1.38. The Morgan fingerprint density at radius 1 is 0.925 bits per heavy atom. The number of aliphatic hydroxyl groups is 1. The number of likely N-dealkylation sites (tertiary alicyclic amines) is 1. The lowest BCUT2D eigenvalue weighted by molar-refractivity contribution is -0.139. The molecule has 1 N–H and O–H groups in total. The van der Waals surface area contributed by atoms with Crippen LogP contribution in [0.4, 0.5) is 0 Å². The molecular weight excluding hydrogens is 510 g/mol. The highest BCUT2D eigenvalue weighted by atomic mass is 16.6. The number of benzene rings is 3. The zero-order chi connectivity index (χ0) is 28.1. The minimum absolute atomic E-state index is 0.0133. The van der Waals surface area contributed by atoms with E-state index in [1.54, 1.807) is 30.3 Å². The van der Waals surface area contributed by atoms with Gasteiger partial charge in [-0.25, -0.2) is 0 Å². The van der Waals surface area contributed by atoms with Crippen molar-refractivity contribution in [1.82, 2.24) is 4.90 Å². The Kier molecular flexibility index (Phi) is 8.24. The number of rotatable bonds is 10. The highest BCUT2D eigenvalue weighted by Gasteiger charge is 2.46. The topological polar surface area (TPSA) is 94.5 Å². The SMILES string of the molecule is CCCOc1ccc(C2/C(=C(\O)c3ccc4c(c3)OCCO4)C(=O)C(=O)N2CCc2ccccc2)cc1OCC. The standard InChI is InChI=1S/C32H33NO7/c1-3-16-38-24-12-10-22(19-26(24)37-4-2)29-28(30(34)23-11-13-25-27(20-23)40-18-17-39-25)31(35)32(36)33(29)15-14-21-8-6-5-7-9-21/h5-13,19-20,29,34H,3-4,14-18H2,1-2H3/b30-28+. The second-order valence-corrected chi connectivity index (χ2v) is 9.57. The number of Topliss-reactive ketones (excluding diaryl/α,β-unsaturated/α-hetero) is 1. The molecule has 0 radical (unpaired) electrons. The monoisotopic (exact) mass is 543 g/mol. The van der Waals surface area contributed by atoms with E-state index in [0.717, 1.165) is 12.0 Å². The number of carbonyl (C=O) groups is 2. The van der Waals surface area contributed by atoms with Gasteiger partial charge in [0, 0.05) is 12.1 Å². The van der Waals surface area contributed by atoms with E-state index < -0.39 is 17.7 Å². The van der Waals surface area contributed by atoms with Crippen molar-refractivity contribution >= 4 is 17.4 Å². The molecule has 8 heteroatoms. The molecule has 0 aliphatic carbocycles. The van der Waals surface area contributed by atoms with Gasteiger partial charge in [-0.05, 0) is 61.2 Å². The second-order valence-electron chi connectivity index (χ2n) is 9.57. The summed E-state index contributed by atoms with van der Waals surface area (Å²) >= 11 is 0. The zero-order valence-electron chi connectivity index (χ0n) is 22.7. The summed E-state index contributed by atoms with van der Waals surface area (Å²) in [5.74, 6) is 0.459. The van der Waals surface area contributed by atoms with Crippen molar-refractivity contribution in [2.24, 2.45) is 0 Å². The summed E-state index contributed by atoms with van der Waals surface area (Å²) in [6.45, 7) is 5.95. The Hall–Kier alpha value is -4.46. The highest BCUT2D eigenvalue weighted by molar-refractivity contribution is 6.46. The summed E-state index contributed by atoms with van der Waals surface area (Å²) in [5.41, 5.74) is 2.05. The number of aliphatic hydroxyl groups excluding tert-OH is 1. The predicted octanol–water partition coefficient (Wildman–Crippen LogP) is 5.31. The molecule has 0 saturated carbocycles. The second kappa shape index (κ2) is 12.2. The van der Waals surface area contributed by atoms with Gasteiger partial charge in [0.1, 0.15) is 19.0 Å². The fourth-order valence-electron chi connectivity index (χ4n) is 4.99. The van der Waals surface area contributed by atoms with Crippen LogP contribution in [0.1, 0.15) is 43.0 Å². The van der Waals surface area contributed by atoms with Crippen LogP contribution in [-0.2, 0) is 16.0 Å². The van der Waals surface area contributed by atoms with Crippen LogP contribution in [0.5, 0.6) is 23.0 Å². The van der Waals surface area contributed by atoms with Gasteiger partial charge in [0.05, 0.1) is 24.8 Å². The number of ketones is 1. The van der Waals surface area contributed by atoms with Crippen LogP contribution in [0.2, 0.25) is 0 Å². The van der Waals surface area contributed by atoms with Crippen LogP contribution in [-0.4, -0.2) is 54.7 Å². The number of amides is 1. The first-order chi connectivity index (χ1) is 19.5. The third kappa shape index (κ3) is 5.47. The Balaban J connectivity index is 1.59. The van der Waals surface area contributed by atoms with Gasteiger partial charge >= 0.3 is 0 Å². The summed E-state index contributed by atoms with van der Waals surface area (Å²) in [7, 11) is 0. The van der Waals surface area contributed by atoms with E-state index in [1.165, 1.54) is 4.90 Å². The number of fused-ring (bicyclic) bond motifs is 1. The summed E-state index contributed by atoms with van der Waals surface area (Å²) in [6, 6.07) is 19.3. The predicted molar refractivity (Wildman–Crippen MR) is 150 cm³/mol. The maximum absolute atomic E-state index is 13.5. The van der Waals surface area contributed by atoms with E-state index in [-0.39, 0.29) is 17.9 Å². The molecule has 1 atom stereocenters. The van der Waals surface area contributed by atoms with Gasteiger partial charge in [0.25, 0.3) is 11.7 Å². The van der Waals surface area contributed by atoms with Crippen molar-refractivity contribution < 1.29 is 33.6 Å². The molecule has 208 valence electrons. The molecule has 2 heterocycles. The van der Waals surface area contributed by atoms with Gasteiger partial charge in [0.2, 0.25) is 0 Å². The van der Waals surface area contributed by atoms with Crippen molar-refractivity contribution in [1.29, 1.82) is 0 Å². The normalized spacial score (nSPS) is 17.6. The molecule has 1 unspecified atom stereocenters. The average Bonchev–Trinajstić information content (AvgIpc) is 3.24. The number of ether oxygens (including phenoxy) is 4. The average molecular weight is 544 g/mol. The third-order valence-corrected chi connectivity index (χ3v) is 6.88. The van der Waals surface area contributed by atoms with Crippen LogP contribution in [0.3, 0.4) is 0 Å². The van der Waals surface area contributed by atoms with Gasteiger partial charge in [-0.1, -0.05) is 43.3 Å². The van der Waals surface area contributed by atoms with Crippen molar-refractivity contribution in [3.8, 4) is 23.0 Å². The van der Waals surface area contributed by atoms with Crippen LogP contribution in [0.25, 0.3) is 5.76 Å². The van der Waals surface area contributed by atoms with Gasteiger partial charge in [-0.3, -0.25) is 9.59 Å². The molecule has 3 aromatic carbocycles. The zero-order valence-corrected chi connectivity index (χ0v) is 22.7. The Morgan fingerprint density at radius 3 is 2.45 bits per heavy atom. The molecule has 0 aromatic heterocycles. The number of carbonyl (C=O) groups excluding carboxylic acids is 2. The van der Waals surface area contributed by atoms with E-state index in [9.17, 15) is 14.7 Å². The molecule has 40 heavy (non-hydrogen) atoms. The maximum atomic E-state index is 13.5. The van der Waals surface area contributed by atoms with E-state index in [0.29, 0.717) is 67.0 Å². The first-order valence-corrected chi connectivity index (χ1v) is 13.6. The molecule has 8 nitrogen and oxygen atoms in total. The molecule has 0 spiro atoms. The molecule has 2 aliphatic rings. The molecule has 0 bridgehead atoms. The Morgan fingerprint density at radius 2 is 1.70 bits per heavy atom. The number of nitrogens with zero attached hydrogens (tertiary/aromatic N) is 1. The van der Waals surface area contributed by atoms with Gasteiger partial charge < -0.3 is 29.0 Å². The smallest absolute Gasteiger partial charge is 0.295 e. The van der Waals surface area contributed by atoms with E-state index >= 15 is 0 Å². The molecule has 3 aromatic rings. The molecular formula is C32H33NO7. The lowest BCUT2D eigenvalue weighted by Crippen LogP contribution is -2.31. The quantitative estimate of drug-likeness (QED) is 0.210. The van der Waals surface area contributed by atoms with Crippen molar-refractivity contribution in [2.45, 2.75) is 32.7 Å². The van der Waals surface area contributed by atoms with Crippen LogP contribution >= 0.6 is 0 Å². The molecule has 2 aliphatic heterocycles. The summed E-state index contributed by atoms with van der Waals surface area (Å²) in [4.78, 5) is 28.5. The third-order valence-electron chi connectivity index (χ3n) is 6.88. The van der Waals surface area contributed by atoms with E-state index in [4.69, 9.17) is 18.9 Å². The number of hydrogen-bond acceptors (Lipinski definition) is 7. The largest absolute Gasteiger partial charge is 0.507 e. The minimum atomic E-state index is -0.823. The minimum Gasteiger partial charge on any atom is -0.507 e. The molecule has 1 saturated heterocycles. The summed E-state index contributed by atoms with van der Waals surface area (Å²) < 4.78 is 23.0. The Labute approximate surface area is 233 Å². The molecule has 1 fully saturated rings. The first-order valence-electron chi connectivity index (χ1n) is 13.6. The van der Waals surface area contributed by atoms with Crippen LogP contribution < -0.4 is 18.9 Å². The van der Waals surface area contributed by atoms with Crippen molar-refractivity contribution in [3.05, 3.63) is 89.0 Å². The maximum Gasteiger partial charge on any atom is 0.295 e. The van der Waals surface area contributed by atoms with E-state index in [2.05, 4.69) is 0 Å². The van der Waals surface area contributed by atoms with E-state index in [1.807, 2.05) is 50.2 Å². The fourth-order valence-corrected chi connectivity index (χ4v) is 4.99. The first kappa shape index (κ1) is 27.1. The lowest BCUT2D eigenvalue weighted by Gasteiger charge is -2.26. The summed E-state index contributed by atoms with van der Waals surface area (Å²) in [5, 5.41) is 11.5. The molecule has 1 amide bonds. The highest BCUT2D eigenvalue weighted by Crippen LogP contribution is 2.43. The Bertz CT molecular complexity index is 1420. The number of hydrogen-bond donors (Lipinski definition) is 1. The lowest BCUT2D eigenvalue weighted by atomic mass is 9.94. The van der Waals surface area contributed by atoms with Crippen LogP contribution in [0.15, 0.2) is 72.3 Å². The van der Waals surface area contributed by atoms with Crippen LogP contribution in [0, 0.1) is 0 Å².